The van der Waals surface area contributed by atoms with Crippen LogP contribution in [0.2, 0.25) is 0 Å². The number of hydrogen-bond donors (Lipinski definition) is 1. The molecule has 16 heavy (non-hydrogen) atoms. The normalized spacial score (nSPS) is 20.4. The molecule has 0 saturated heterocycles. The molecule has 0 fully saturated rings. The number of benzene rings is 1. The molecular formula is C11H12O3S2. The van der Waals surface area contributed by atoms with Crippen LogP contribution in [-0.4, -0.2) is 32.0 Å². The first-order valence-corrected chi connectivity index (χ1v) is 7.33. The van der Waals surface area contributed by atoms with Crippen LogP contribution in [0.25, 0.3) is 0 Å². The van der Waals surface area contributed by atoms with Crippen LogP contribution in [0, 0.1) is 0 Å². The second-order valence-electron chi connectivity index (χ2n) is 3.70. The average Bonchev–Trinajstić information content (AvgIpc) is 2.57. The highest BCUT2D eigenvalue weighted by atomic mass is 32.2. The number of aliphatic carboxylic acids is 1. The standard InChI is InChI=1S/C11H12O3S2/c12-11(13)7-16(14)6-9-5-8-3-1-2-4-10(8)15-9/h1-4,9H,5-7H2,(H,12,13). The van der Waals surface area contributed by atoms with E-state index in [4.69, 9.17) is 5.11 Å². The zero-order valence-electron chi connectivity index (χ0n) is 8.59. The Labute approximate surface area is 101 Å². The largest absolute Gasteiger partial charge is 0.481 e. The molecule has 2 unspecified atom stereocenters. The van der Waals surface area contributed by atoms with Gasteiger partial charge >= 0.3 is 5.97 Å². The van der Waals surface area contributed by atoms with Gasteiger partial charge in [0.15, 0.2) is 0 Å². The molecular weight excluding hydrogens is 244 g/mol. The van der Waals surface area contributed by atoms with Gasteiger partial charge in [-0.2, -0.15) is 0 Å². The zero-order chi connectivity index (χ0) is 11.5. The van der Waals surface area contributed by atoms with E-state index >= 15 is 0 Å². The van der Waals surface area contributed by atoms with Crippen LogP contribution < -0.4 is 0 Å². The fourth-order valence-electron chi connectivity index (χ4n) is 1.75. The van der Waals surface area contributed by atoms with Crippen LogP contribution in [0.5, 0.6) is 0 Å². The lowest BCUT2D eigenvalue weighted by atomic mass is 10.1. The number of carboxylic acid groups (broad SMARTS) is 1. The smallest absolute Gasteiger partial charge is 0.316 e. The van der Waals surface area contributed by atoms with Crippen LogP contribution in [0.4, 0.5) is 0 Å². The van der Waals surface area contributed by atoms with E-state index in [1.54, 1.807) is 11.8 Å². The van der Waals surface area contributed by atoms with Crippen molar-refractivity contribution >= 4 is 28.5 Å². The summed E-state index contributed by atoms with van der Waals surface area (Å²) < 4.78 is 11.5. The number of fused-ring (bicyclic) bond motifs is 1. The van der Waals surface area contributed by atoms with E-state index in [-0.39, 0.29) is 11.0 Å². The third kappa shape index (κ3) is 2.86. The molecule has 2 atom stereocenters. The third-order valence-corrected chi connectivity index (χ3v) is 5.24. The monoisotopic (exact) mass is 256 g/mol. The molecule has 1 aliphatic heterocycles. The molecule has 1 aromatic rings. The quantitative estimate of drug-likeness (QED) is 0.887. The summed E-state index contributed by atoms with van der Waals surface area (Å²) in [7, 11) is -1.25. The Bertz CT molecular complexity index is 406. The predicted molar refractivity (Wildman–Crippen MR) is 65.3 cm³/mol. The molecule has 0 bridgehead atoms. The summed E-state index contributed by atoms with van der Waals surface area (Å²) in [5.41, 5.74) is 1.28. The maximum Gasteiger partial charge on any atom is 0.316 e. The van der Waals surface area contributed by atoms with Gasteiger partial charge in [0.2, 0.25) is 0 Å². The van der Waals surface area contributed by atoms with Gasteiger partial charge in [0.1, 0.15) is 5.75 Å². The van der Waals surface area contributed by atoms with E-state index in [1.807, 2.05) is 12.1 Å². The lowest BCUT2D eigenvalue weighted by Gasteiger charge is -2.06. The van der Waals surface area contributed by atoms with Crippen LogP contribution in [-0.2, 0) is 22.0 Å². The van der Waals surface area contributed by atoms with Gasteiger partial charge in [-0.1, -0.05) is 18.2 Å². The second-order valence-corrected chi connectivity index (χ2v) is 6.54. The van der Waals surface area contributed by atoms with Gasteiger partial charge in [0.05, 0.1) is 0 Å². The van der Waals surface area contributed by atoms with Crippen molar-refractivity contribution < 1.29 is 14.1 Å². The molecule has 0 amide bonds. The lowest BCUT2D eigenvalue weighted by molar-refractivity contribution is -0.133. The predicted octanol–water partition coefficient (Wildman–Crippen LogP) is 1.54. The maximum absolute atomic E-state index is 11.5. The summed E-state index contributed by atoms with van der Waals surface area (Å²) in [5, 5.41) is 8.79. The van der Waals surface area contributed by atoms with Gasteiger partial charge in [-0.15, -0.1) is 11.8 Å². The Morgan fingerprint density at radius 1 is 1.50 bits per heavy atom. The highest BCUT2D eigenvalue weighted by Crippen LogP contribution is 2.36. The Kier molecular flexibility index (Phi) is 3.66. The fraction of sp³-hybridized carbons (Fsp3) is 0.364. The van der Waals surface area contributed by atoms with Crippen molar-refractivity contribution in [2.45, 2.75) is 16.6 Å². The maximum atomic E-state index is 11.5. The van der Waals surface area contributed by atoms with Crippen molar-refractivity contribution in [1.29, 1.82) is 0 Å². The molecule has 1 aliphatic rings. The molecule has 1 N–H and O–H groups in total. The Balaban J connectivity index is 1.92. The molecule has 0 radical (unpaired) electrons. The minimum atomic E-state index is -1.25. The number of carbonyl (C=O) groups is 1. The van der Waals surface area contributed by atoms with Crippen LogP contribution >= 0.6 is 11.8 Å². The first-order chi connectivity index (χ1) is 7.65. The summed E-state index contributed by atoms with van der Waals surface area (Å²) in [4.78, 5) is 11.6. The van der Waals surface area contributed by atoms with Gasteiger partial charge in [-0.05, 0) is 18.1 Å². The Hall–Kier alpha value is -0.810. The highest BCUT2D eigenvalue weighted by Gasteiger charge is 2.24. The summed E-state index contributed by atoms with van der Waals surface area (Å²) >= 11 is 1.71. The summed E-state index contributed by atoms with van der Waals surface area (Å²) in [6.45, 7) is 0. The van der Waals surface area contributed by atoms with E-state index in [0.717, 1.165) is 6.42 Å². The first-order valence-electron chi connectivity index (χ1n) is 4.96. The Morgan fingerprint density at radius 3 is 2.94 bits per heavy atom. The summed E-state index contributed by atoms with van der Waals surface area (Å²) in [5.74, 6) is -0.766. The minimum Gasteiger partial charge on any atom is -0.481 e. The molecule has 3 nitrogen and oxygen atoms in total. The van der Waals surface area contributed by atoms with E-state index in [1.165, 1.54) is 10.5 Å². The molecule has 1 aromatic carbocycles. The summed E-state index contributed by atoms with van der Waals surface area (Å²) in [6.07, 6.45) is 0.895. The summed E-state index contributed by atoms with van der Waals surface area (Å²) in [6, 6.07) is 8.11. The van der Waals surface area contributed by atoms with E-state index in [0.29, 0.717) is 5.75 Å². The lowest BCUT2D eigenvalue weighted by Crippen LogP contribution is -2.19. The molecule has 2 rings (SSSR count). The first kappa shape index (κ1) is 11.7. The van der Waals surface area contributed by atoms with Gasteiger partial charge in [0, 0.05) is 26.7 Å². The SMILES string of the molecule is O=C(O)CS(=O)CC1Cc2ccccc2S1. The molecule has 0 aromatic heterocycles. The van der Waals surface area contributed by atoms with Crippen LogP contribution in [0.3, 0.4) is 0 Å². The highest BCUT2D eigenvalue weighted by molar-refractivity contribution is 8.01. The number of thioether (sulfide) groups is 1. The van der Waals surface area contributed by atoms with Crippen molar-refractivity contribution in [2.24, 2.45) is 0 Å². The van der Waals surface area contributed by atoms with Gasteiger partial charge in [0.25, 0.3) is 0 Å². The number of carboxylic acids is 1. The van der Waals surface area contributed by atoms with E-state index in [9.17, 15) is 9.00 Å². The molecule has 0 saturated carbocycles. The van der Waals surface area contributed by atoms with Gasteiger partial charge in [-0.25, -0.2) is 0 Å². The molecule has 86 valence electrons. The van der Waals surface area contributed by atoms with E-state index < -0.39 is 16.8 Å². The third-order valence-electron chi connectivity index (χ3n) is 2.37. The van der Waals surface area contributed by atoms with Crippen LogP contribution in [0.15, 0.2) is 29.2 Å². The fourth-order valence-corrected chi connectivity index (χ4v) is 4.49. The number of rotatable bonds is 4. The van der Waals surface area contributed by atoms with Crippen molar-refractivity contribution in [2.75, 3.05) is 11.5 Å². The van der Waals surface area contributed by atoms with Gasteiger partial charge in [-0.3, -0.25) is 9.00 Å². The number of hydrogen-bond acceptors (Lipinski definition) is 3. The van der Waals surface area contributed by atoms with Crippen LogP contribution in [0.1, 0.15) is 5.56 Å². The molecule has 0 spiro atoms. The molecule has 0 aliphatic carbocycles. The van der Waals surface area contributed by atoms with E-state index in [2.05, 4.69) is 12.1 Å². The van der Waals surface area contributed by atoms with Crippen molar-refractivity contribution in [3.05, 3.63) is 29.8 Å². The van der Waals surface area contributed by atoms with Gasteiger partial charge < -0.3 is 5.11 Å². The van der Waals surface area contributed by atoms with Crippen molar-refractivity contribution in [1.82, 2.24) is 0 Å². The second kappa shape index (κ2) is 5.01. The zero-order valence-corrected chi connectivity index (χ0v) is 10.2. The van der Waals surface area contributed by atoms with Crippen molar-refractivity contribution in [3.63, 3.8) is 0 Å². The minimum absolute atomic E-state index is 0.243. The molecule has 5 heteroatoms. The average molecular weight is 256 g/mol. The topological polar surface area (TPSA) is 54.4 Å². The molecule has 1 heterocycles. The Morgan fingerprint density at radius 2 is 2.25 bits per heavy atom. The van der Waals surface area contributed by atoms with Crippen molar-refractivity contribution in [3.8, 4) is 0 Å².